The van der Waals surface area contributed by atoms with Crippen LogP contribution in [0.25, 0.3) is 0 Å². The SMILES string of the molecule is Cc1ccc(C(=O)N2CCN(C(=O)CO)CC2)cc1F. The summed E-state index contributed by atoms with van der Waals surface area (Å²) in [5, 5.41) is 8.78. The summed E-state index contributed by atoms with van der Waals surface area (Å²) in [6.07, 6.45) is 0. The molecule has 0 unspecified atom stereocenters. The minimum absolute atomic E-state index is 0.236. The van der Waals surface area contributed by atoms with Crippen molar-refractivity contribution in [3.05, 3.63) is 35.1 Å². The van der Waals surface area contributed by atoms with Crippen LogP contribution in [-0.2, 0) is 4.79 Å². The summed E-state index contributed by atoms with van der Waals surface area (Å²) in [6.45, 7) is 2.68. The Hall–Kier alpha value is -1.95. The molecule has 1 aliphatic rings. The van der Waals surface area contributed by atoms with E-state index in [1.165, 1.54) is 11.0 Å². The van der Waals surface area contributed by atoms with Gasteiger partial charge in [0.15, 0.2) is 0 Å². The number of nitrogens with zero attached hydrogens (tertiary/aromatic N) is 2. The molecule has 108 valence electrons. The normalized spacial score (nSPS) is 15.3. The van der Waals surface area contributed by atoms with Crippen LogP contribution in [0.2, 0.25) is 0 Å². The molecule has 0 aromatic heterocycles. The largest absolute Gasteiger partial charge is 0.387 e. The molecule has 1 aliphatic heterocycles. The van der Waals surface area contributed by atoms with E-state index in [0.29, 0.717) is 37.3 Å². The Labute approximate surface area is 116 Å². The predicted octanol–water partition coefficient (Wildman–Crippen LogP) is 0.411. The molecular formula is C14H17FN2O3. The molecule has 0 bridgehead atoms. The Morgan fingerprint density at radius 1 is 1.20 bits per heavy atom. The number of carbonyl (C=O) groups excluding carboxylic acids is 2. The molecule has 6 heteroatoms. The van der Waals surface area contributed by atoms with E-state index < -0.39 is 12.4 Å². The molecule has 0 atom stereocenters. The van der Waals surface area contributed by atoms with E-state index in [2.05, 4.69) is 0 Å². The van der Waals surface area contributed by atoms with Crippen molar-refractivity contribution in [2.45, 2.75) is 6.92 Å². The van der Waals surface area contributed by atoms with Gasteiger partial charge in [-0.1, -0.05) is 6.07 Å². The van der Waals surface area contributed by atoms with Gasteiger partial charge in [-0.3, -0.25) is 9.59 Å². The zero-order chi connectivity index (χ0) is 14.7. The predicted molar refractivity (Wildman–Crippen MR) is 70.7 cm³/mol. The quantitative estimate of drug-likeness (QED) is 0.853. The number of hydrogen-bond acceptors (Lipinski definition) is 3. The van der Waals surface area contributed by atoms with E-state index >= 15 is 0 Å². The molecule has 0 saturated carbocycles. The number of aliphatic hydroxyl groups is 1. The zero-order valence-corrected chi connectivity index (χ0v) is 11.3. The van der Waals surface area contributed by atoms with Crippen molar-refractivity contribution in [1.29, 1.82) is 0 Å². The molecule has 1 N–H and O–H groups in total. The minimum atomic E-state index is -0.517. The first-order valence-electron chi connectivity index (χ1n) is 6.47. The number of piperazine rings is 1. The Bertz CT molecular complexity index is 525. The molecule has 1 aromatic rings. The highest BCUT2D eigenvalue weighted by Gasteiger charge is 2.24. The number of benzene rings is 1. The van der Waals surface area contributed by atoms with Crippen LogP contribution in [0.5, 0.6) is 0 Å². The van der Waals surface area contributed by atoms with Gasteiger partial charge in [-0.15, -0.1) is 0 Å². The Morgan fingerprint density at radius 3 is 2.35 bits per heavy atom. The molecule has 1 aromatic carbocycles. The summed E-state index contributed by atoms with van der Waals surface area (Å²) in [7, 11) is 0. The average Bonchev–Trinajstić information content (AvgIpc) is 2.48. The number of aryl methyl sites for hydroxylation is 1. The van der Waals surface area contributed by atoms with Gasteiger partial charge in [-0.25, -0.2) is 4.39 Å². The van der Waals surface area contributed by atoms with Crippen molar-refractivity contribution in [3.8, 4) is 0 Å². The number of carbonyl (C=O) groups is 2. The van der Waals surface area contributed by atoms with Crippen LogP contribution >= 0.6 is 0 Å². The van der Waals surface area contributed by atoms with E-state index in [-0.39, 0.29) is 11.8 Å². The second-order valence-electron chi connectivity index (χ2n) is 4.80. The summed E-state index contributed by atoms with van der Waals surface area (Å²) < 4.78 is 13.5. The molecule has 1 heterocycles. The lowest BCUT2D eigenvalue weighted by molar-refractivity contribution is -0.135. The van der Waals surface area contributed by atoms with E-state index in [1.54, 1.807) is 24.0 Å². The first-order chi connectivity index (χ1) is 9.52. The molecule has 1 saturated heterocycles. The highest BCUT2D eigenvalue weighted by atomic mass is 19.1. The van der Waals surface area contributed by atoms with E-state index in [1.807, 2.05) is 0 Å². The van der Waals surface area contributed by atoms with Crippen LogP contribution in [0.1, 0.15) is 15.9 Å². The third kappa shape index (κ3) is 2.96. The molecular weight excluding hydrogens is 263 g/mol. The van der Waals surface area contributed by atoms with Crippen LogP contribution in [0.3, 0.4) is 0 Å². The van der Waals surface area contributed by atoms with Gasteiger partial charge in [-0.05, 0) is 24.6 Å². The van der Waals surface area contributed by atoms with Crippen LogP contribution in [0.4, 0.5) is 4.39 Å². The van der Waals surface area contributed by atoms with Crippen molar-refractivity contribution in [3.63, 3.8) is 0 Å². The monoisotopic (exact) mass is 280 g/mol. The highest BCUT2D eigenvalue weighted by molar-refractivity contribution is 5.94. The van der Waals surface area contributed by atoms with E-state index in [4.69, 9.17) is 5.11 Å². The van der Waals surface area contributed by atoms with Gasteiger partial charge >= 0.3 is 0 Å². The second kappa shape index (κ2) is 6.00. The third-order valence-electron chi connectivity index (χ3n) is 3.47. The Morgan fingerprint density at radius 2 is 1.80 bits per heavy atom. The minimum Gasteiger partial charge on any atom is -0.387 e. The first-order valence-corrected chi connectivity index (χ1v) is 6.47. The number of aliphatic hydroxyl groups excluding tert-OH is 1. The van der Waals surface area contributed by atoms with Gasteiger partial charge in [0.2, 0.25) is 5.91 Å². The fourth-order valence-corrected chi connectivity index (χ4v) is 2.17. The van der Waals surface area contributed by atoms with Gasteiger partial charge in [0.05, 0.1) is 0 Å². The van der Waals surface area contributed by atoms with Crippen molar-refractivity contribution >= 4 is 11.8 Å². The molecule has 20 heavy (non-hydrogen) atoms. The van der Waals surface area contributed by atoms with Crippen molar-refractivity contribution in [1.82, 2.24) is 9.80 Å². The Balaban J connectivity index is 2.01. The first kappa shape index (κ1) is 14.5. The summed E-state index contributed by atoms with van der Waals surface area (Å²) in [6, 6.07) is 4.42. The maximum absolute atomic E-state index is 13.5. The molecule has 1 fully saturated rings. The van der Waals surface area contributed by atoms with Gasteiger partial charge in [-0.2, -0.15) is 0 Å². The van der Waals surface area contributed by atoms with Crippen LogP contribution in [-0.4, -0.2) is 59.5 Å². The lowest BCUT2D eigenvalue weighted by Crippen LogP contribution is -2.51. The molecule has 0 spiro atoms. The zero-order valence-electron chi connectivity index (χ0n) is 11.3. The Kier molecular flexibility index (Phi) is 4.34. The smallest absolute Gasteiger partial charge is 0.254 e. The topological polar surface area (TPSA) is 60.9 Å². The van der Waals surface area contributed by atoms with E-state index in [9.17, 15) is 14.0 Å². The fourth-order valence-electron chi connectivity index (χ4n) is 2.17. The molecule has 5 nitrogen and oxygen atoms in total. The average molecular weight is 280 g/mol. The lowest BCUT2D eigenvalue weighted by atomic mass is 10.1. The highest BCUT2D eigenvalue weighted by Crippen LogP contribution is 2.13. The summed E-state index contributed by atoms with van der Waals surface area (Å²) >= 11 is 0. The third-order valence-corrected chi connectivity index (χ3v) is 3.47. The summed E-state index contributed by atoms with van der Waals surface area (Å²) in [4.78, 5) is 26.6. The number of amides is 2. The van der Waals surface area contributed by atoms with E-state index in [0.717, 1.165) is 0 Å². The maximum Gasteiger partial charge on any atom is 0.254 e. The molecule has 0 radical (unpaired) electrons. The standard InChI is InChI=1S/C14H17FN2O3/c1-10-2-3-11(8-12(10)15)14(20)17-6-4-16(5-7-17)13(19)9-18/h2-3,8,18H,4-7,9H2,1H3. The lowest BCUT2D eigenvalue weighted by Gasteiger charge is -2.34. The van der Waals surface area contributed by atoms with Crippen molar-refractivity contribution in [2.75, 3.05) is 32.8 Å². The van der Waals surface area contributed by atoms with Gasteiger partial charge in [0, 0.05) is 31.7 Å². The van der Waals surface area contributed by atoms with Gasteiger partial charge in [0.1, 0.15) is 12.4 Å². The van der Waals surface area contributed by atoms with Gasteiger partial charge in [0.25, 0.3) is 5.91 Å². The van der Waals surface area contributed by atoms with Crippen LogP contribution in [0, 0.1) is 12.7 Å². The molecule has 0 aliphatic carbocycles. The van der Waals surface area contributed by atoms with Crippen LogP contribution in [0.15, 0.2) is 18.2 Å². The van der Waals surface area contributed by atoms with Gasteiger partial charge < -0.3 is 14.9 Å². The van der Waals surface area contributed by atoms with Crippen LogP contribution < -0.4 is 0 Å². The molecule has 2 rings (SSSR count). The summed E-state index contributed by atoms with van der Waals surface area (Å²) in [5.74, 6) is -0.969. The summed E-state index contributed by atoms with van der Waals surface area (Å²) in [5.41, 5.74) is 0.815. The van der Waals surface area contributed by atoms with Crippen molar-refractivity contribution in [2.24, 2.45) is 0 Å². The number of halogens is 1. The van der Waals surface area contributed by atoms with Crippen molar-refractivity contribution < 1.29 is 19.1 Å². The number of rotatable bonds is 2. The number of hydrogen-bond donors (Lipinski definition) is 1. The maximum atomic E-state index is 13.5. The molecule has 2 amide bonds. The second-order valence-corrected chi connectivity index (χ2v) is 4.80. The fraction of sp³-hybridized carbons (Fsp3) is 0.429.